The van der Waals surface area contributed by atoms with E-state index in [0.717, 1.165) is 16.8 Å². The molecule has 2 heterocycles. The second-order valence-corrected chi connectivity index (χ2v) is 6.39. The van der Waals surface area contributed by atoms with Gasteiger partial charge in [0, 0.05) is 12.0 Å². The van der Waals surface area contributed by atoms with Crippen LogP contribution in [0.2, 0.25) is 0 Å². The first-order valence-corrected chi connectivity index (χ1v) is 6.97. The number of aromatic nitrogens is 1. The smallest absolute Gasteiger partial charge is 0.380 e. The van der Waals surface area contributed by atoms with Crippen LogP contribution < -0.4 is 5.32 Å². The lowest BCUT2D eigenvalue weighted by Crippen LogP contribution is -2.45. The molecule has 3 nitrogen and oxygen atoms in total. The van der Waals surface area contributed by atoms with Crippen molar-refractivity contribution in [2.24, 2.45) is 5.41 Å². The van der Waals surface area contributed by atoms with Gasteiger partial charge in [0.25, 0.3) is 0 Å². The normalized spacial score (nSPS) is 18.0. The van der Waals surface area contributed by atoms with E-state index in [4.69, 9.17) is 4.74 Å². The fourth-order valence-corrected chi connectivity index (χ4v) is 2.86. The number of halogens is 3. The molecule has 2 aromatic rings. The van der Waals surface area contributed by atoms with Crippen LogP contribution in [0.5, 0.6) is 0 Å². The molecule has 0 unspecified atom stereocenters. The monoisotopic (exact) mass is 302 g/mol. The van der Waals surface area contributed by atoms with E-state index >= 15 is 0 Å². The Bertz CT molecular complexity index is 634. The molecule has 1 N–H and O–H groups in total. The zero-order chi connectivity index (χ0) is 14.4. The predicted molar refractivity (Wildman–Crippen MR) is 72.0 cm³/mol. The summed E-state index contributed by atoms with van der Waals surface area (Å²) in [5.41, 5.74) is -0.196. The lowest BCUT2D eigenvalue weighted by Gasteiger charge is -2.37. The van der Waals surface area contributed by atoms with Gasteiger partial charge in [-0.05, 0) is 18.2 Å². The molecule has 20 heavy (non-hydrogen) atoms. The van der Waals surface area contributed by atoms with E-state index in [9.17, 15) is 13.2 Å². The summed E-state index contributed by atoms with van der Waals surface area (Å²) in [4.78, 5) is 4.21. The van der Waals surface area contributed by atoms with Gasteiger partial charge in [0.15, 0.2) is 5.13 Å². The quantitative estimate of drug-likeness (QED) is 0.937. The number of anilines is 1. The van der Waals surface area contributed by atoms with Gasteiger partial charge in [-0.3, -0.25) is 0 Å². The van der Waals surface area contributed by atoms with Crippen molar-refractivity contribution in [2.75, 3.05) is 25.1 Å². The Balaban J connectivity index is 1.80. The third-order valence-corrected chi connectivity index (χ3v) is 4.28. The van der Waals surface area contributed by atoms with Crippen molar-refractivity contribution in [1.29, 1.82) is 0 Å². The molecule has 108 valence electrons. The van der Waals surface area contributed by atoms with E-state index in [1.165, 1.54) is 17.4 Å². The van der Waals surface area contributed by atoms with Gasteiger partial charge in [-0.1, -0.05) is 18.3 Å². The molecule has 0 bridgehead atoms. The SMILES string of the molecule is CC1(CNc2nc3cc(C(F)(F)F)ccc3s2)COC1. The zero-order valence-corrected chi connectivity index (χ0v) is 11.6. The lowest BCUT2D eigenvalue weighted by molar-refractivity contribution is -0.137. The van der Waals surface area contributed by atoms with Crippen LogP contribution in [0.1, 0.15) is 12.5 Å². The predicted octanol–water partition coefficient (Wildman–Crippen LogP) is 3.76. The number of nitrogens with zero attached hydrogens (tertiary/aromatic N) is 1. The Kier molecular flexibility index (Phi) is 3.13. The summed E-state index contributed by atoms with van der Waals surface area (Å²) in [5, 5.41) is 3.83. The maximum atomic E-state index is 12.6. The molecule has 1 fully saturated rings. The minimum Gasteiger partial charge on any atom is -0.380 e. The topological polar surface area (TPSA) is 34.2 Å². The number of alkyl halides is 3. The van der Waals surface area contributed by atoms with Gasteiger partial charge in [0.05, 0.1) is 29.0 Å². The Hall–Kier alpha value is -1.34. The summed E-state index contributed by atoms with van der Waals surface area (Å²) in [5.74, 6) is 0. The van der Waals surface area contributed by atoms with Crippen LogP contribution in [0.25, 0.3) is 10.2 Å². The van der Waals surface area contributed by atoms with E-state index in [1.54, 1.807) is 0 Å². The van der Waals surface area contributed by atoms with Crippen molar-refractivity contribution in [3.8, 4) is 0 Å². The second kappa shape index (κ2) is 4.60. The Morgan fingerprint density at radius 1 is 1.40 bits per heavy atom. The molecule has 1 aliphatic rings. The molecule has 1 aliphatic heterocycles. The number of rotatable bonds is 3. The van der Waals surface area contributed by atoms with Crippen LogP contribution in [0.4, 0.5) is 18.3 Å². The van der Waals surface area contributed by atoms with Gasteiger partial charge in [0.2, 0.25) is 0 Å². The Labute approximate surface area is 117 Å². The average molecular weight is 302 g/mol. The van der Waals surface area contributed by atoms with Crippen molar-refractivity contribution in [3.63, 3.8) is 0 Å². The fraction of sp³-hybridized carbons (Fsp3) is 0.462. The molecule has 7 heteroatoms. The van der Waals surface area contributed by atoms with Crippen molar-refractivity contribution < 1.29 is 17.9 Å². The summed E-state index contributed by atoms with van der Waals surface area (Å²) in [6, 6.07) is 3.64. The van der Waals surface area contributed by atoms with E-state index in [1.807, 2.05) is 0 Å². The molecule has 0 atom stereocenters. The Morgan fingerprint density at radius 3 is 2.75 bits per heavy atom. The van der Waals surface area contributed by atoms with E-state index in [-0.39, 0.29) is 5.41 Å². The standard InChI is InChI=1S/C13H13F3N2OS/c1-12(6-19-7-12)5-17-11-18-9-4-8(13(14,15)16)2-3-10(9)20-11/h2-4H,5-7H2,1H3,(H,17,18). The minimum absolute atomic E-state index is 0.0922. The highest BCUT2D eigenvalue weighted by Crippen LogP contribution is 2.34. The summed E-state index contributed by atoms with van der Waals surface area (Å²) in [7, 11) is 0. The molecule has 0 radical (unpaired) electrons. The molecular formula is C13H13F3N2OS. The summed E-state index contributed by atoms with van der Waals surface area (Å²) in [6.07, 6.45) is -4.33. The molecular weight excluding hydrogens is 289 g/mol. The Morgan fingerprint density at radius 2 is 2.15 bits per heavy atom. The maximum absolute atomic E-state index is 12.6. The van der Waals surface area contributed by atoms with Crippen molar-refractivity contribution in [3.05, 3.63) is 23.8 Å². The van der Waals surface area contributed by atoms with Crippen molar-refractivity contribution in [1.82, 2.24) is 4.98 Å². The van der Waals surface area contributed by atoms with Gasteiger partial charge >= 0.3 is 6.18 Å². The van der Waals surface area contributed by atoms with Crippen molar-refractivity contribution in [2.45, 2.75) is 13.1 Å². The number of ether oxygens (including phenoxy) is 1. The van der Waals surface area contributed by atoms with Crippen LogP contribution in [0.15, 0.2) is 18.2 Å². The van der Waals surface area contributed by atoms with Crippen LogP contribution >= 0.6 is 11.3 Å². The van der Waals surface area contributed by atoms with Crippen molar-refractivity contribution >= 4 is 26.7 Å². The summed E-state index contributed by atoms with van der Waals surface area (Å²) < 4.78 is 43.8. The number of thiazole rings is 1. The molecule has 0 amide bonds. The largest absolute Gasteiger partial charge is 0.416 e. The van der Waals surface area contributed by atoms with Gasteiger partial charge in [0.1, 0.15) is 0 Å². The molecule has 3 rings (SSSR count). The number of hydrogen-bond acceptors (Lipinski definition) is 4. The number of fused-ring (bicyclic) bond motifs is 1. The fourth-order valence-electron chi connectivity index (χ4n) is 2.02. The molecule has 1 aromatic heterocycles. The third kappa shape index (κ3) is 2.60. The van der Waals surface area contributed by atoms with Gasteiger partial charge in [-0.2, -0.15) is 13.2 Å². The minimum atomic E-state index is -4.33. The highest BCUT2D eigenvalue weighted by Gasteiger charge is 2.33. The zero-order valence-electron chi connectivity index (χ0n) is 10.8. The summed E-state index contributed by atoms with van der Waals surface area (Å²) >= 11 is 1.36. The number of hydrogen-bond donors (Lipinski definition) is 1. The first-order valence-electron chi connectivity index (χ1n) is 6.15. The lowest BCUT2D eigenvalue weighted by atomic mass is 9.89. The van der Waals surface area contributed by atoms with Crippen LogP contribution in [-0.2, 0) is 10.9 Å². The second-order valence-electron chi connectivity index (χ2n) is 5.36. The van der Waals surface area contributed by atoms with E-state index in [2.05, 4.69) is 17.2 Å². The van der Waals surface area contributed by atoms with Gasteiger partial charge in [-0.25, -0.2) is 4.98 Å². The van der Waals surface area contributed by atoms with Crippen LogP contribution in [-0.4, -0.2) is 24.7 Å². The first kappa shape index (κ1) is 13.6. The molecule has 1 saturated heterocycles. The van der Waals surface area contributed by atoms with Gasteiger partial charge < -0.3 is 10.1 Å². The molecule has 0 spiro atoms. The number of benzene rings is 1. The van der Waals surface area contributed by atoms with Crippen LogP contribution in [0.3, 0.4) is 0 Å². The third-order valence-electron chi connectivity index (χ3n) is 3.28. The van der Waals surface area contributed by atoms with Crippen LogP contribution in [0, 0.1) is 5.41 Å². The summed E-state index contributed by atoms with van der Waals surface area (Å²) in [6.45, 7) is 4.20. The molecule has 0 aliphatic carbocycles. The first-order chi connectivity index (χ1) is 9.36. The number of nitrogens with one attached hydrogen (secondary N) is 1. The van der Waals surface area contributed by atoms with Gasteiger partial charge in [-0.15, -0.1) is 0 Å². The maximum Gasteiger partial charge on any atom is 0.416 e. The molecule has 0 saturated carbocycles. The highest BCUT2D eigenvalue weighted by molar-refractivity contribution is 7.22. The van der Waals surface area contributed by atoms with E-state index < -0.39 is 11.7 Å². The van der Waals surface area contributed by atoms with E-state index in [0.29, 0.717) is 30.4 Å². The average Bonchev–Trinajstić information content (AvgIpc) is 2.74. The highest BCUT2D eigenvalue weighted by atomic mass is 32.1. The molecule has 1 aromatic carbocycles.